The molecule has 0 atom stereocenters. The first kappa shape index (κ1) is 8.18. The molecule has 0 unspecified atom stereocenters. The van der Waals surface area contributed by atoms with Gasteiger partial charge in [-0.1, -0.05) is 0 Å². The van der Waals surface area contributed by atoms with Crippen LogP contribution in [0.1, 0.15) is 6.92 Å². The molecule has 0 amide bonds. The molecular weight excluding hydrogens is 178 g/mol. The average Bonchev–Trinajstić information content (AvgIpc) is 1.30. The Labute approximate surface area is 57.9 Å². The van der Waals surface area contributed by atoms with Gasteiger partial charge in [-0.3, -0.25) is 4.18 Å². The highest BCUT2D eigenvalue weighted by Crippen LogP contribution is 2.63. The van der Waals surface area contributed by atoms with Crippen molar-refractivity contribution >= 4 is 40.0 Å². The van der Waals surface area contributed by atoms with Gasteiger partial charge in [-0.15, -0.1) is 0 Å². The largest absolute Gasteiger partial charge is 0.298 e. The van der Waals surface area contributed by atoms with E-state index in [9.17, 15) is 0 Å². The highest BCUT2D eigenvalue weighted by atomic mass is 36.2. The van der Waals surface area contributed by atoms with Crippen molar-refractivity contribution in [2.24, 2.45) is 0 Å². The lowest BCUT2D eigenvalue weighted by Gasteiger charge is -2.12. The van der Waals surface area contributed by atoms with Crippen LogP contribution in [0.2, 0.25) is 0 Å². The van der Waals surface area contributed by atoms with E-state index in [1.807, 2.05) is 0 Å². The van der Waals surface area contributed by atoms with E-state index in [1.54, 1.807) is 6.92 Å². The predicted molar refractivity (Wildman–Crippen MR) is 36.8 cm³/mol. The minimum absolute atomic E-state index is 0.450. The Morgan fingerprint density at radius 3 is 1.86 bits per heavy atom. The fourth-order valence-electron chi connectivity index (χ4n) is 0.134. The summed E-state index contributed by atoms with van der Waals surface area (Å²) in [4.78, 5) is 0. The normalized spacial score (nSPS) is 14.3. The van der Waals surface area contributed by atoms with Crippen LogP contribution in [0.4, 0.5) is 0 Å². The van der Waals surface area contributed by atoms with Crippen LogP contribution in [0.5, 0.6) is 0 Å². The van der Waals surface area contributed by atoms with Crippen LogP contribution in [-0.4, -0.2) is 6.61 Å². The summed E-state index contributed by atoms with van der Waals surface area (Å²) in [5, 5.41) is 0. The lowest BCUT2D eigenvalue weighted by atomic mass is 10.9. The van der Waals surface area contributed by atoms with E-state index in [0.29, 0.717) is 6.61 Å². The van der Waals surface area contributed by atoms with Gasteiger partial charge in [0.15, 0.2) is 0 Å². The van der Waals surface area contributed by atoms with E-state index in [1.165, 1.54) is 0 Å². The summed E-state index contributed by atoms with van der Waals surface area (Å²) in [6, 6.07) is 0. The van der Waals surface area contributed by atoms with Crippen LogP contribution < -0.4 is 0 Å². The van der Waals surface area contributed by atoms with Crippen LogP contribution in [0.25, 0.3) is 0 Å². The molecule has 5 heteroatoms. The van der Waals surface area contributed by atoms with Gasteiger partial charge in [0.05, 0.1) is 6.61 Å². The third-order valence-corrected chi connectivity index (χ3v) is 1.56. The maximum Gasteiger partial charge on any atom is 0.108 e. The van der Waals surface area contributed by atoms with Gasteiger partial charge in [0.1, 0.15) is 7.95 Å². The molecule has 0 fully saturated rings. The van der Waals surface area contributed by atoms with Crippen LogP contribution in [0, 0.1) is 0 Å². The van der Waals surface area contributed by atoms with Crippen LogP contribution in [-0.2, 0) is 4.18 Å². The zero-order valence-corrected chi connectivity index (χ0v) is 6.74. The Kier molecular flexibility index (Phi) is 3.80. The molecule has 0 saturated heterocycles. The molecule has 0 aromatic heterocycles. The first-order valence-electron chi connectivity index (χ1n) is 1.63. The molecule has 0 aliphatic heterocycles. The second-order valence-corrected chi connectivity index (χ2v) is 7.07. The van der Waals surface area contributed by atoms with Crippen molar-refractivity contribution in [1.82, 2.24) is 0 Å². The molecule has 0 bridgehead atoms. The topological polar surface area (TPSA) is 9.23 Å². The predicted octanol–water partition coefficient (Wildman–Crippen LogP) is 3.20. The standard InChI is InChI=1S/C2H5Cl3OS/c1-2-6-7(3,4)5/h2H2,1H3. The van der Waals surface area contributed by atoms with Crippen LogP contribution in [0.3, 0.4) is 0 Å². The van der Waals surface area contributed by atoms with Crippen LogP contribution >= 0.6 is 40.0 Å². The minimum atomic E-state index is -2.26. The molecule has 0 aromatic rings. The molecule has 0 heterocycles. The first-order valence-corrected chi connectivity index (χ1v) is 5.66. The van der Waals surface area contributed by atoms with Gasteiger partial charge in [-0.2, -0.15) is 0 Å². The van der Waals surface area contributed by atoms with E-state index >= 15 is 0 Å². The molecule has 0 spiro atoms. The Morgan fingerprint density at radius 2 is 1.86 bits per heavy atom. The first-order chi connectivity index (χ1) is 3.06. The number of hydrogen-bond donors (Lipinski definition) is 0. The average molecular weight is 183 g/mol. The van der Waals surface area contributed by atoms with Gasteiger partial charge >= 0.3 is 0 Å². The smallest absolute Gasteiger partial charge is 0.108 e. The molecule has 0 rings (SSSR count). The van der Waals surface area contributed by atoms with Crippen molar-refractivity contribution in [1.29, 1.82) is 0 Å². The van der Waals surface area contributed by atoms with E-state index in [4.69, 9.17) is 32.0 Å². The fraction of sp³-hybridized carbons (Fsp3) is 1.00. The number of halogens is 3. The van der Waals surface area contributed by atoms with E-state index in [0.717, 1.165) is 0 Å². The Balaban J connectivity index is 3.15. The zero-order chi connectivity index (χ0) is 5.91. The van der Waals surface area contributed by atoms with Gasteiger partial charge in [0, 0.05) is 0 Å². The van der Waals surface area contributed by atoms with E-state index in [-0.39, 0.29) is 0 Å². The number of hydrogen-bond acceptors (Lipinski definition) is 1. The third kappa shape index (κ3) is 7.18. The quantitative estimate of drug-likeness (QED) is 0.639. The Morgan fingerprint density at radius 1 is 1.43 bits per heavy atom. The van der Waals surface area contributed by atoms with Crippen molar-refractivity contribution in [3.8, 4) is 0 Å². The number of rotatable bonds is 2. The lowest BCUT2D eigenvalue weighted by molar-refractivity contribution is 0.402. The van der Waals surface area contributed by atoms with E-state index in [2.05, 4.69) is 4.18 Å². The van der Waals surface area contributed by atoms with Crippen molar-refractivity contribution in [2.75, 3.05) is 6.61 Å². The lowest BCUT2D eigenvalue weighted by Crippen LogP contribution is -1.80. The molecular formula is C2H5Cl3OS. The third-order valence-electron chi connectivity index (χ3n) is 0.251. The minimum Gasteiger partial charge on any atom is -0.298 e. The Hall–Kier alpha value is 1.18. The van der Waals surface area contributed by atoms with Crippen molar-refractivity contribution < 1.29 is 4.18 Å². The highest BCUT2D eigenvalue weighted by Gasteiger charge is 2.10. The van der Waals surface area contributed by atoms with Crippen LogP contribution in [0.15, 0.2) is 0 Å². The summed E-state index contributed by atoms with van der Waals surface area (Å²) in [5.74, 6) is 0. The fourth-order valence-corrected chi connectivity index (χ4v) is 1.20. The molecule has 0 saturated carbocycles. The molecule has 1 nitrogen and oxygen atoms in total. The second kappa shape index (κ2) is 3.25. The molecule has 46 valence electrons. The van der Waals surface area contributed by atoms with Crippen molar-refractivity contribution in [3.63, 3.8) is 0 Å². The molecule has 0 aromatic carbocycles. The molecule has 0 N–H and O–H groups in total. The summed E-state index contributed by atoms with van der Waals surface area (Å²) in [6.07, 6.45) is 0. The maximum atomic E-state index is 5.23. The summed E-state index contributed by atoms with van der Waals surface area (Å²) in [7, 11) is 13.4. The SMILES string of the molecule is CCOS(Cl)(Cl)Cl. The van der Waals surface area contributed by atoms with E-state index < -0.39 is 7.95 Å². The van der Waals surface area contributed by atoms with Gasteiger partial charge in [0.2, 0.25) is 0 Å². The Bertz CT molecular complexity index is 51.4. The van der Waals surface area contributed by atoms with Crippen molar-refractivity contribution in [2.45, 2.75) is 6.92 Å². The van der Waals surface area contributed by atoms with Gasteiger partial charge < -0.3 is 0 Å². The van der Waals surface area contributed by atoms with Gasteiger partial charge in [-0.05, 0) is 39.0 Å². The highest BCUT2D eigenvalue weighted by molar-refractivity contribution is 8.76. The molecule has 0 aliphatic rings. The zero-order valence-electron chi connectivity index (χ0n) is 3.66. The monoisotopic (exact) mass is 182 g/mol. The molecule has 7 heavy (non-hydrogen) atoms. The summed E-state index contributed by atoms with van der Waals surface area (Å²) >= 11 is 0. The maximum absolute atomic E-state index is 5.23. The summed E-state index contributed by atoms with van der Waals surface area (Å²) in [5.41, 5.74) is 0. The second-order valence-electron chi connectivity index (χ2n) is 0.770. The summed E-state index contributed by atoms with van der Waals surface area (Å²) in [6.45, 7) is 2.22. The van der Waals surface area contributed by atoms with Gasteiger partial charge in [-0.25, -0.2) is 0 Å². The van der Waals surface area contributed by atoms with Crippen molar-refractivity contribution in [3.05, 3.63) is 0 Å². The van der Waals surface area contributed by atoms with Gasteiger partial charge in [0.25, 0.3) is 0 Å². The molecule has 0 radical (unpaired) electrons. The summed E-state index contributed by atoms with van der Waals surface area (Å²) < 4.78 is 4.61. The molecule has 0 aliphatic carbocycles.